The van der Waals surface area contributed by atoms with Crippen LogP contribution in [0.2, 0.25) is 0 Å². The number of halogens is 1. The first-order chi connectivity index (χ1) is 8.46. The highest BCUT2D eigenvalue weighted by atomic mass is 79.9. The molecule has 1 rings (SSSR count). The quantitative estimate of drug-likeness (QED) is 0.604. The van der Waals surface area contributed by atoms with Crippen LogP contribution in [0.4, 0.5) is 0 Å². The second-order valence-corrected chi connectivity index (χ2v) is 5.20. The molecule has 0 aliphatic carbocycles. The van der Waals surface area contributed by atoms with Crippen LogP contribution < -0.4 is 10.3 Å². The molecule has 6 nitrogen and oxygen atoms in total. The van der Waals surface area contributed by atoms with Gasteiger partial charge in [0.1, 0.15) is 11.1 Å². The van der Waals surface area contributed by atoms with E-state index in [0.29, 0.717) is 13.0 Å². The molecule has 0 radical (unpaired) electrons. The van der Waals surface area contributed by atoms with Crippen LogP contribution in [0.3, 0.4) is 0 Å². The van der Waals surface area contributed by atoms with Gasteiger partial charge in [0.15, 0.2) is 0 Å². The van der Waals surface area contributed by atoms with Gasteiger partial charge in [-0.2, -0.15) is 0 Å². The SMILES string of the molecule is NCCc1ccc(OP(=O)(O)OC(=O)CBr)cc1. The molecule has 0 fully saturated rings. The third-order valence-electron chi connectivity index (χ3n) is 1.90. The second-order valence-electron chi connectivity index (χ2n) is 3.34. The number of phosphoric acid groups is 1. The zero-order chi connectivity index (χ0) is 13.6. The fourth-order valence-electron chi connectivity index (χ4n) is 1.19. The number of carbonyl (C=O) groups excluding carboxylic acids is 1. The zero-order valence-corrected chi connectivity index (χ0v) is 11.9. The third kappa shape index (κ3) is 5.18. The van der Waals surface area contributed by atoms with Crippen molar-refractivity contribution in [2.75, 3.05) is 11.9 Å². The summed E-state index contributed by atoms with van der Waals surface area (Å²) in [7, 11) is -4.42. The molecule has 100 valence electrons. The van der Waals surface area contributed by atoms with Crippen LogP contribution >= 0.6 is 23.8 Å². The lowest BCUT2D eigenvalue weighted by Gasteiger charge is -2.12. The number of nitrogens with two attached hydrogens (primary N) is 1. The first-order valence-corrected chi connectivity index (χ1v) is 7.68. The van der Waals surface area contributed by atoms with E-state index < -0.39 is 13.8 Å². The molecule has 18 heavy (non-hydrogen) atoms. The lowest BCUT2D eigenvalue weighted by atomic mass is 10.1. The number of hydrogen-bond acceptors (Lipinski definition) is 5. The van der Waals surface area contributed by atoms with Gasteiger partial charge in [-0.05, 0) is 30.7 Å². The van der Waals surface area contributed by atoms with E-state index in [1.165, 1.54) is 12.1 Å². The number of carbonyl (C=O) groups is 1. The molecular formula is C10H13BrNO5P. The minimum Gasteiger partial charge on any atom is -0.395 e. The second kappa shape index (κ2) is 6.89. The molecule has 0 saturated carbocycles. The molecule has 0 amide bonds. The van der Waals surface area contributed by atoms with E-state index in [2.05, 4.69) is 20.5 Å². The minimum absolute atomic E-state index is 0.143. The third-order valence-corrected chi connectivity index (χ3v) is 3.24. The van der Waals surface area contributed by atoms with Gasteiger partial charge in [-0.25, -0.2) is 4.57 Å². The van der Waals surface area contributed by atoms with Crippen molar-refractivity contribution >= 4 is 29.7 Å². The van der Waals surface area contributed by atoms with Gasteiger partial charge >= 0.3 is 13.8 Å². The van der Waals surface area contributed by atoms with Crippen LogP contribution in [-0.2, 0) is 20.3 Å². The van der Waals surface area contributed by atoms with E-state index in [9.17, 15) is 14.3 Å². The molecule has 0 saturated heterocycles. The largest absolute Gasteiger partial charge is 0.587 e. The maximum absolute atomic E-state index is 11.4. The van der Waals surface area contributed by atoms with Gasteiger partial charge in [-0.1, -0.05) is 28.1 Å². The Balaban J connectivity index is 2.66. The van der Waals surface area contributed by atoms with Crippen molar-refractivity contribution in [3.05, 3.63) is 29.8 Å². The maximum Gasteiger partial charge on any atom is 0.587 e. The van der Waals surface area contributed by atoms with Crippen molar-refractivity contribution in [1.29, 1.82) is 0 Å². The number of hydrogen-bond donors (Lipinski definition) is 2. The van der Waals surface area contributed by atoms with Crippen LogP contribution in [0.25, 0.3) is 0 Å². The van der Waals surface area contributed by atoms with E-state index in [-0.39, 0.29) is 11.1 Å². The molecule has 1 atom stereocenters. The van der Waals surface area contributed by atoms with Crippen molar-refractivity contribution < 1.29 is 23.3 Å². The topological polar surface area (TPSA) is 98.8 Å². The summed E-state index contributed by atoms with van der Waals surface area (Å²) in [6.45, 7) is 0.515. The number of benzene rings is 1. The smallest absolute Gasteiger partial charge is 0.395 e. The highest BCUT2D eigenvalue weighted by molar-refractivity contribution is 9.09. The lowest BCUT2D eigenvalue weighted by molar-refractivity contribution is -0.132. The van der Waals surface area contributed by atoms with Crippen molar-refractivity contribution in [3.63, 3.8) is 0 Å². The van der Waals surface area contributed by atoms with Gasteiger partial charge < -0.3 is 14.8 Å². The van der Waals surface area contributed by atoms with Gasteiger partial charge in [-0.15, -0.1) is 0 Å². The number of phosphoric ester groups is 1. The molecule has 3 N–H and O–H groups in total. The monoisotopic (exact) mass is 337 g/mol. The predicted molar refractivity (Wildman–Crippen MR) is 69.5 cm³/mol. The highest BCUT2D eigenvalue weighted by Gasteiger charge is 2.27. The Labute approximate surface area is 113 Å². The maximum atomic E-state index is 11.4. The molecule has 1 unspecified atom stereocenters. The molecule has 8 heteroatoms. The Kier molecular flexibility index (Phi) is 5.81. The Bertz CT molecular complexity index is 450. The lowest BCUT2D eigenvalue weighted by Crippen LogP contribution is -2.06. The molecule has 0 heterocycles. The van der Waals surface area contributed by atoms with E-state index in [4.69, 9.17) is 10.3 Å². The summed E-state index contributed by atoms with van der Waals surface area (Å²) in [6, 6.07) is 6.45. The molecule has 1 aromatic carbocycles. The van der Waals surface area contributed by atoms with Crippen LogP contribution in [0, 0.1) is 0 Å². The number of rotatable bonds is 6. The van der Waals surface area contributed by atoms with Crippen LogP contribution in [0.1, 0.15) is 5.56 Å². The van der Waals surface area contributed by atoms with Gasteiger partial charge in [-0.3, -0.25) is 9.69 Å². The molecule has 0 bridgehead atoms. The fourth-order valence-corrected chi connectivity index (χ4v) is 2.23. The standard InChI is InChI=1S/C10H13BrNO5P/c11-7-10(13)17-18(14,15)16-9-3-1-8(2-4-9)5-6-12/h1-4H,5-7,12H2,(H,14,15). The van der Waals surface area contributed by atoms with Crippen LogP contribution in [0.5, 0.6) is 5.75 Å². The van der Waals surface area contributed by atoms with E-state index in [1.54, 1.807) is 12.1 Å². The average molecular weight is 338 g/mol. The Hall–Kier alpha value is -0.880. The first-order valence-electron chi connectivity index (χ1n) is 5.06. The Morgan fingerprint density at radius 2 is 2.00 bits per heavy atom. The minimum atomic E-state index is -4.42. The summed E-state index contributed by atoms with van der Waals surface area (Å²) in [6.07, 6.45) is 0.704. The molecule has 1 aromatic rings. The van der Waals surface area contributed by atoms with Gasteiger partial charge in [0, 0.05) is 0 Å². The molecule has 0 aliphatic rings. The van der Waals surface area contributed by atoms with Crippen molar-refractivity contribution in [2.24, 2.45) is 5.73 Å². The molecule has 0 aromatic heterocycles. The molecular weight excluding hydrogens is 325 g/mol. The van der Waals surface area contributed by atoms with Crippen LogP contribution in [-0.4, -0.2) is 22.7 Å². The van der Waals surface area contributed by atoms with Crippen molar-refractivity contribution in [3.8, 4) is 5.75 Å². The predicted octanol–water partition coefficient (Wildman–Crippen LogP) is 1.61. The van der Waals surface area contributed by atoms with Crippen molar-refractivity contribution in [2.45, 2.75) is 6.42 Å². The summed E-state index contributed by atoms with van der Waals surface area (Å²) in [5, 5.41) is -0.184. The van der Waals surface area contributed by atoms with E-state index in [1.807, 2.05) is 0 Å². The van der Waals surface area contributed by atoms with E-state index in [0.717, 1.165) is 5.56 Å². The summed E-state index contributed by atoms with van der Waals surface area (Å²) in [5.41, 5.74) is 6.37. The first kappa shape index (κ1) is 15.2. The van der Waals surface area contributed by atoms with Crippen LogP contribution in [0.15, 0.2) is 24.3 Å². The summed E-state index contributed by atoms with van der Waals surface area (Å²) in [5.74, 6) is -0.732. The van der Waals surface area contributed by atoms with Gasteiger partial charge in [0.2, 0.25) is 0 Å². The Morgan fingerprint density at radius 3 is 2.50 bits per heavy atom. The normalized spacial score (nSPS) is 13.7. The number of alkyl halides is 1. The summed E-state index contributed by atoms with van der Waals surface area (Å²) < 4.78 is 20.4. The summed E-state index contributed by atoms with van der Waals surface area (Å²) >= 11 is 2.81. The average Bonchev–Trinajstić information content (AvgIpc) is 2.31. The Morgan fingerprint density at radius 1 is 1.39 bits per heavy atom. The highest BCUT2D eigenvalue weighted by Crippen LogP contribution is 2.43. The molecule has 0 spiro atoms. The van der Waals surface area contributed by atoms with E-state index >= 15 is 0 Å². The zero-order valence-electron chi connectivity index (χ0n) is 9.41. The fraction of sp³-hybridized carbons (Fsp3) is 0.300. The van der Waals surface area contributed by atoms with Crippen molar-refractivity contribution in [1.82, 2.24) is 0 Å². The van der Waals surface area contributed by atoms with Gasteiger partial charge in [0.25, 0.3) is 0 Å². The molecule has 0 aliphatic heterocycles. The van der Waals surface area contributed by atoms with Gasteiger partial charge in [0.05, 0.1) is 0 Å². The summed E-state index contributed by atoms with van der Waals surface area (Å²) in [4.78, 5) is 20.2.